The molecule has 4 aromatic rings. The highest BCUT2D eigenvalue weighted by Crippen LogP contribution is 2.27. The lowest BCUT2D eigenvalue weighted by molar-refractivity contribution is -0.113. The second-order valence-corrected chi connectivity index (χ2v) is 7.73. The summed E-state index contributed by atoms with van der Waals surface area (Å²) in [6.45, 7) is 2.68. The number of nitrogens with zero attached hydrogens (tertiary/aromatic N) is 5. The first-order valence-corrected chi connectivity index (χ1v) is 10.3. The van der Waals surface area contributed by atoms with Gasteiger partial charge in [0.1, 0.15) is 5.82 Å². The molecule has 0 bridgehead atoms. The summed E-state index contributed by atoms with van der Waals surface area (Å²) >= 11 is 2.54. The Kier molecular flexibility index (Phi) is 5.31. The average Bonchev–Trinajstić information content (AvgIpc) is 3.29. The van der Waals surface area contributed by atoms with Gasteiger partial charge in [-0.2, -0.15) is 0 Å². The zero-order valence-electron chi connectivity index (χ0n) is 14.8. The van der Waals surface area contributed by atoms with Crippen molar-refractivity contribution in [2.75, 3.05) is 11.1 Å². The van der Waals surface area contributed by atoms with Gasteiger partial charge in [-0.1, -0.05) is 23.1 Å². The molecule has 0 aliphatic heterocycles. The molecule has 0 saturated heterocycles. The minimum Gasteiger partial charge on any atom is -0.302 e. The van der Waals surface area contributed by atoms with Crippen molar-refractivity contribution >= 4 is 44.4 Å². The van der Waals surface area contributed by atoms with Crippen molar-refractivity contribution in [2.45, 2.75) is 18.6 Å². The summed E-state index contributed by atoms with van der Waals surface area (Å²) in [7, 11) is 0. The van der Waals surface area contributed by atoms with Crippen molar-refractivity contribution in [3.05, 3.63) is 48.5 Å². The van der Waals surface area contributed by atoms with Crippen molar-refractivity contribution in [3.8, 4) is 11.4 Å². The van der Waals surface area contributed by atoms with Gasteiger partial charge in [0.25, 0.3) is 0 Å². The van der Waals surface area contributed by atoms with E-state index in [-0.39, 0.29) is 17.5 Å². The fraction of sp³-hybridized carbons (Fsp3) is 0.167. The highest BCUT2D eigenvalue weighted by Gasteiger charge is 2.15. The van der Waals surface area contributed by atoms with Gasteiger partial charge in [0.15, 0.2) is 16.1 Å². The molecule has 1 amide bonds. The number of aromatic nitrogens is 5. The molecule has 0 radical (unpaired) electrons. The van der Waals surface area contributed by atoms with Crippen LogP contribution in [0.25, 0.3) is 21.6 Å². The summed E-state index contributed by atoms with van der Waals surface area (Å²) in [5.74, 6) is 0.369. The Morgan fingerprint density at radius 2 is 2.07 bits per heavy atom. The highest BCUT2D eigenvalue weighted by atomic mass is 32.2. The molecule has 3 aromatic heterocycles. The molecule has 0 unspecified atom stereocenters. The predicted molar refractivity (Wildman–Crippen MR) is 108 cm³/mol. The molecular formula is C18H15FN6OS2. The number of thiazole rings is 1. The second-order valence-electron chi connectivity index (χ2n) is 5.75. The van der Waals surface area contributed by atoms with Crippen LogP contribution in [0.15, 0.2) is 47.9 Å². The Bertz CT molecular complexity index is 1130. The van der Waals surface area contributed by atoms with Crippen molar-refractivity contribution in [1.82, 2.24) is 24.7 Å². The van der Waals surface area contributed by atoms with Crippen molar-refractivity contribution in [3.63, 3.8) is 0 Å². The van der Waals surface area contributed by atoms with Crippen molar-refractivity contribution in [2.24, 2.45) is 0 Å². The molecule has 142 valence electrons. The van der Waals surface area contributed by atoms with Crippen LogP contribution >= 0.6 is 23.1 Å². The third kappa shape index (κ3) is 3.87. The maximum Gasteiger partial charge on any atom is 0.236 e. The molecule has 0 atom stereocenters. The summed E-state index contributed by atoms with van der Waals surface area (Å²) in [5.41, 5.74) is 1.57. The Morgan fingerprint density at radius 1 is 1.25 bits per heavy atom. The number of pyridine rings is 1. The molecule has 1 aromatic carbocycles. The number of anilines is 1. The maximum atomic E-state index is 13.3. The number of benzene rings is 1. The van der Waals surface area contributed by atoms with E-state index in [2.05, 4.69) is 25.5 Å². The largest absolute Gasteiger partial charge is 0.302 e. The third-order valence-corrected chi connectivity index (χ3v) is 5.80. The minimum absolute atomic E-state index is 0.165. The van der Waals surface area contributed by atoms with Crippen LogP contribution in [-0.2, 0) is 11.3 Å². The number of thioether (sulfide) groups is 1. The molecule has 10 heteroatoms. The lowest BCUT2D eigenvalue weighted by Crippen LogP contribution is -2.14. The van der Waals surface area contributed by atoms with Gasteiger partial charge >= 0.3 is 0 Å². The van der Waals surface area contributed by atoms with E-state index in [1.807, 2.05) is 23.6 Å². The van der Waals surface area contributed by atoms with Crippen LogP contribution in [0.4, 0.5) is 9.52 Å². The number of carbonyl (C=O) groups excluding carboxylic acids is 1. The molecule has 0 aliphatic carbocycles. The normalized spacial score (nSPS) is 11.1. The number of carbonyl (C=O) groups is 1. The Labute approximate surface area is 168 Å². The topological polar surface area (TPSA) is 85.6 Å². The number of halogens is 1. The van der Waals surface area contributed by atoms with Gasteiger partial charge in [0.05, 0.1) is 16.0 Å². The molecule has 28 heavy (non-hydrogen) atoms. The van der Waals surface area contributed by atoms with Crippen molar-refractivity contribution in [1.29, 1.82) is 0 Å². The summed E-state index contributed by atoms with van der Waals surface area (Å²) in [6, 6.07) is 8.08. The standard InChI is InChI=1S/C18H15FN6OS2/c1-2-25-16(11-5-7-20-8-6-11)23-24-18(25)27-10-15(26)22-17-21-13-4-3-12(19)9-14(13)28-17/h3-9H,2,10H2,1H3,(H,21,22,26). The smallest absolute Gasteiger partial charge is 0.236 e. The fourth-order valence-corrected chi connectivity index (χ4v) is 4.34. The van der Waals surface area contributed by atoms with Gasteiger partial charge in [-0.3, -0.25) is 9.78 Å². The fourth-order valence-electron chi connectivity index (χ4n) is 2.63. The van der Waals surface area contributed by atoms with Gasteiger partial charge in [0, 0.05) is 24.5 Å². The van der Waals surface area contributed by atoms with E-state index in [4.69, 9.17) is 0 Å². The highest BCUT2D eigenvalue weighted by molar-refractivity contribution is 7.99. The number of nitrogens with one attached hydrogen (secondary N) is 1. The van der Waals surface area contributed by atoms with Crippen LogP contribution in [0, 0.1) is 5.82 Å². The number of rotatable bonds is 6. The SMILES string of the molecule is CCn1c(SCC(=O)Nc2nc3ccc(F)cc3s2)nnc1-c1ccncc1. The van der Waals surface area contributed by atoms with Gasteiger partial charge < -0.3 is 9.88 Å². The van der Waals surface area contributed by atoms with E-state index in [1.165, 1.54) is 35.2 Å². The van der Waals surface area contributed by atoms with E-state index in [0.717, 1.165) is 11.4 Å². The Morgan fingerprint density at radius 3 is 2.86 bits per heavy atom. The van der Waals surface area contributed by atoms with Crippen LogP contribution < -0.4 is 5.32 Å². The molecule has 0 fully saturated rings. The Balaban J connectivity index is 1.44. The molecule has 3 heterocycles. The number of fused-ring (bicyclic) bond motifs is 1. The van der Waals surface area contributed by atoms with Crippen LogP contribution in [0.5, 0.6) is 0 Å². The first-order valence-electron chi connectivity index (χ1n) is 8.46. The first-order chi connectivity index (χ1) is 13.6. The summed E-state index contributed by atoms with van der Waals surface area (Å²) in [5, 5.41) is 12.3. The van der Waals surface area contributed by atoms with Gasteiger partial charge in [-0.15, -0.1) is 10.2 Å². The summed E-state index contributed by atoms with van der Waals surface area (Å²) in [6.07, 6.45) is 3.41. The maximum absolute atomic E-state index is 13.3. The third-order valence-electron chi connectivity index (χ3n) is 3.90. The van der Waals surface area contributed by atoms with Crippen molar-refractivity contribution < 1.29 is 9.18 Å². The molecule has 0 aliphatic rings. The lowest BCUT2D eigenvalue weighted by Gasteiger charge is -2.07. The number of hydrogen-bond donors (Lipinski definition) is 1. The summed E-state index contributed by atoms with van der Waals surface area (Å²) < 4.78 is 15.9. The van der Waals surface area contributed by atoms with Gasteiger partial charge in [-0.05, 0) is 37.3 Å². The van der Waals surface area contributed by atoms with Gasteiger partial charge in [0.2, 0.25) is 5.91 Å². The average molecular weight is 414 g/mol. The second kappa shape index (κ2) is 8.03. The zero-order chi connectivity index (χ0) is 19.5. The lowest BCUT2D eigenvalue weighted by atomic mass is 10.2. The van der Waals surface area contributed by atoms with E-state index in [0.29, 0.717) is 27.0 Å². The molecule has 1 N–H and O–H groups in total. The van der Waals surface area contributed by atoms with E-state index in [9.17, 15) is 9.18 Å². The van der Waals surface area contributed by atoms with E-state index < -0.39 is 0 Å². The molecular weight excluding hydrogens is 399 g/mol. The number of hydrogen-bond acceptors (Lipinski definition) is 7. The summed E-state index contributed by atoms with van der Waals surface area (Å²) in [4.78, 5) is 20.6. The first kappa shape index (κ1) is 18.5. The monoisotopic (exact) mass is 414 g/mol. The Hall–Kier alpha value is -2.85. The van der Waals surface area contributed by atoms with E-state index >= 15 is 0 Å². The predicted octanol–water partition coefficient (Wildman–Crippen LogP) is 3.84. The molecule has 0 saturated carbocycles. The molecule has 4 rings (SSSR count). The van der Waals surface area contributed by atoms with Crippen LogP contribution in [-0.4, -0.2) is 36.4 Å². The van der Waals surface area contributed by atoms with Crippen LogP contribution in [0.3, 0.4) is 0 Å². The zero-order valence-corrected chi connectivity index (χ0v) is 16.4. The number of amides is 1. The molecule has 7 nitrogen and oxygen atoms in total. The van der Waals surface area contributed by atoms with Crippen LogP contribution in [0.1, 0.15) is 6.92 Å². The minimum atomic E-state index is -0.325. The molecule has 0 spiro atoms. The van der Waals surface area contributed by atoms with Gasteiger partial charge in [-0.25, -0.2) is 9.37 Å². The quantitative estimate of drug-likeness (QED) is 0.483. The van der Waals surface area contributed by atoms with E-state index in [1.54, 1.807) is 18.5 Å². The van der Waals surface area contributed by atoms with Crippen LogP contribution in [0.2, 0.25) is 0 Å².